The van der Waals surface area contributed by atoms with E-state index in [0.29, 0.717) is 23.3 Å². The monoisotopic (exact) mass is 429 g/mol. The van der Waals surface area contributed by atoms with Crippen molar-refractivity contribution in [3.63, 3.8) is 0 Å². The van der Waals surface area contributed by atoms with Gasteiger partial charge in [0.15, 0.2) is 5.13 Å². The van der Waals surface area contributed by atoms with Gasteiger partial charge in [-0.1, -0.05) is 11.3 Å². The van der Waals surface area contributed by atoms with Gasteiger partial charge in [-0.2, -0.15) is 5.26 Å². The lowest BCUT2D eigenvalue weighted by atomic mass is 10.2. The van der Waals surface area contributed by atoms with Crippen molar-refractivity contribution in [2.24, 2.45) is 0 Å². The van der Waals surface area contributed by atoms with Gasteiger partial charge in [0.2, 0.25) is 0 Å². The summed E-state index contributed by atoms with van der Waals surface area (Å²) in [4.78, 5) is 26.5. The van der Waals surface area contributed by atoms with Crippen LogP contribution in [-0.4, -0.2) is 31.6 Å². The van der Waals surface area contributed by atoms with E-state index in [1.807, 2.05) is 30.3 Å². The lowest BCUT2D eigenvalue weighted by Crippen LogP contribution is -2.21. The Bertz CT molecular complexity index is 1290. The minimum absolute atomic E-state index is 0.198. The van der Waals surface area contributed by atoms with Crippen LogP contribution in [0.1, 0.15) is 24.8 Å². The van der Waals surface area contributed by atoms with E-state index >= 15 is 0 Å². The van der Waals surface area contributed by atoms with E-state index in [9.17, 15) is 4.79 Å². The predicted octanol–water partition coefficient (Wildman–Crippen LogP) is 3.55. The molecule has 5 rings (SSSR count). The van der Waals surface area contributed by atoms with Crippen molar-refractivity contribution < 1.29 is 0 Å². The zero-order valence-electron chi connectivity index (χ0n) is 16.5. The van der Waals surface area contributed by atoms with E-state index in [1.54, 1.807) is 23.7 Å². The molecular weight excluding hydrogens is 410 g/mol. The van der Waals surface area contributed by atoms with Gasteiger partial charge in [-0.3, -0.25) is 9.36 Å². The first-order valence-corrected chi connectivity index (χ1v) is 10.8. The van der Waals surface area contributed by atoms with Gasteiger partial charge in [-0.25, -0.2) is 15.0 Å². The van der Waals surface area contributed by atoms with E-state index in [-0.39, 0.29) is 5.56 Å². The second-order valence-corrected chi connectivity index (χ2v) is 8.46. The lowest BCUT2D eigenvalue weighted by molar-refractivity contribution is 0.722. The molecule has 0 unspecified atom stereocenters. The molecule has 1 aliphatic rings. The van der Waals surface area contributed by atoms with E-state index in [2.05, 4.69) is 25.6 Å². The van der Waals surface area contributed by atoms with Crippen LogP contribution in [0, 0.1) is 11.3 Å². The zero-order valence-corrected chi connectivity index (χ0v) is 17.3. The predicted molar refractivity (Wildman–Crippen MR) is 121 cm³/mol. The Kier molecular flexibility index (Phi) is 5.06. The molecule has 2 atom stereocenters. The van der Waals surface area contributed by atoms with Gasteiger partial charge in [0.1, 0.15) is 22.2 Å². The number of nitriles is 1. The minimum Gasteiger partial charge on any atom is -0.367 e. The van der Waals surface area contributed by atoms with Crippen molar-refractivity contribution in [1.82, 2.24) is 19.5 Å². The molecule has 31 heavy (non-hydrogen) atoms. The van der Waals surface area contributed by atoms with Gasteiger partial charge in [-0.05, 0) is 49.6 Å². The topological polar surface area (TPSA) is 109 Å². The van der Waals surface area contributed by atoms with Crippen LogP contribution in [0.4, 0.5) is 10.9 Å². The third-order valence-corrected chi connectivity index (χ3v) is 6.26. The Morgan fingerprint density at radius 2 is 1.97 bits per heavy atom. The summed E-state index contributed by atoms with van der Waals surface area (Å²) in [5.41, 5.74) is 1.78. The second-order valence-electron chi connectivity index (χ2n) is 7.48. The van der Waals surface area contributed by atoms with Crippen molar-refractivity contribution in [1.29, 1.82) is 5.26 Å². The first-order valence-electron chi connectivity index (χ1n) is 10.0. The average Bonchev–Trinajstić information content (AvgIpc) is 3.41. The molecule has 0 bridgehead atoms. The van der Waals surface area contributed by atoms with Gasteiger partial charge in [0.25, 0.3) is 5.56 Å². The smallest absolute Gasteiger partial charge is 0.255 e. The van der Waals surface area contributed by atoms with E-state index in [1.165, 1.54) is 22.9 Å². The summed E-state index contributed by atoms with van der Waals surface area (Å²) in [6.45, 7) is 0. The van der Waals surface area contributed by atoms with Crippen LogP contribution < -0.4 is 16.2 Å². The number of anilines is 2. The molecule has 0 aromatic carbocycles. The average molecular weight is 430 g/mol. The molecule has 9 heteroatoms. The fourth-order valence-electron chi connectivity index (χ4n) is 3.83. The van der Waals surface area contributed by atoms with Crippen LogP contribution in [0.25, 0.3) is 16.0 Å². The summed E-state index contributed by atoms with van der Waals surface area (Å²) in [5.74, 6) is 0.767. The third kappa shape index (κ3) is 4.11. The van der Waals surface area contributed by atoms with Crippen LogP contribution in [0.5, 0.6) is 0 Å². The number of aromatic nitrogens is 4. The number of hydrogen-bond acceptors (Lipinski definition) is 8. The SMILES string of the molecule is N#Cc1ccc(=O)n(-c2ccc(N[C@H]3CC[C@H](Nc4nc5cccnc5s4)C3)nc2)c1. The Labute approximate surface area is 182 Å². The highest BCUT2D eigenvalue weighted by Gasteiger charge is 2.25. The molecule has 4 heterocycles. The molecular formula is C22H19N7OS. The van der Waals surface area contributed by atoms with Crippen molar-refractivity contribution in [3.05, 3.63) is 70.9 Å². The normalized spacial score (nSPS) is 18.0. The molecule has 0 amide bonds. The number of rotatable bonds is 5. The zero-order chi connectivity index (χ0) is 21.2. The van der Waals surface area contributed by atoms with Crippen molar-refractivity contribution in [3.8, 4) is 11.8 Å². The van der Waals surface area contributed by atoms with E-state index in [0.717, 1.165) is 40.6 Å². The fourth-order valence-corrected chi connectivity index (χ4v) is 4.71. The highest BCUT2D eigenvalue weighted by atomic mass is 32.1. The summed E-state index contributed by atoms with van der Waals surface area (Å²) in [6, 6.07) is 13.2. The number of nitrogens with one attached hydrogen (secondary N) is 2. The first-order chi connectivity index (χ1) is 15.2. The summed E-state index contributed by atoms with van der Waals surface area (Å²) in [5, 5.41) is 17.0. The van der Waals surface area contributed by atoms with E-state index in [4.69, 9.17) is 5.26 Å². The molecule has 0 saturated heterocycles. The molecule has 8 nitrogen and oxygen atoms in total. The molecule has 4 aromatic heterocycles. The fraction of sp³-hybridized carbons (Fsp3) is 0.227. The van der Waals surface area contributed by atoms with Crippen LogP contribution in [0.3, 0.4) is 0 Å². The summed E-state index contributed by atoms with van der Waals surface area (Å²) >= 11 is 1.58. The molecule has 1 aliphatic carbocycles. The molecule has 1 fully saturated rings. The number of thiazole rings is 1. The number of hydrogen-bond donors (Lipinski definition) is 2. The van der Waals surface area contributed by atoms with Crippen molar-refractivity contribution in [2.75, 3.05) is 10.6 Å². The highest BCUT2D eigenvalue weighted by molar-refractivity contribution is 7.21. The van der Waals surface area contributed by atoms with Crippen LogP contribution >= 0.6 is 11.3 Å². The molecule has 4 aromatic rings. The maximum absolute atomic E-state index is 12.1. The summed E-state index contributed by atoms with van der Waals surface area (Å²) in [6.07, 6.45) is 8.01. The Morgan fingerprint density at radius 1 is 1.10 bits per heavy atom. The van der Waals surface area contributed by atoms with Gasteiger partial charge < -0.3 is 10.6 Å². The first kappa shape index (κ1) is 19.2. The van der Waals surface area contributed by atoms with Crippen LogP contribution in [-0.2, 0) is 0 Å². The van der Waals surface area contributed by atoms with Gasteiger partial charge in [0.05, 0.1) is 17.4 Å². The molecule has 0 aliphatic heterocycles. The Hall–Kier alpha value is -3.77. The molecule has 154 valence electrons. The molecule has 1 saturated carbocycles. The molecule has 2 N–H and O–H groups in total. The quantitative estimate of drug-likeness (QED) is 0.499. The van der Waals surface area contributed by atoms with Crippen LogP contribution in [0.15, 0.2) is 59.8 Å². The Morgan fingerprint density at radius 3 is 2.74 bits per heavy atom. The maximum atomic E-state index is 12.1. The maximum Gasteiger partial charge on any atom is 0.255 e. The summed E-state index contributed by atoms with van der Waals surface area (Å²) in [7, 11) is 0. The van der Waals surface area contributed by atoms with Crippen molar-refractivity contribution >= 4 is 32.6 Å². The van der Waals surface area contributed by atoms with Gasteiger partial charge in [0, 0.05) is 30.5 Å². The second kappa shape index (κ2) is 8.16. The number of fused-ring (bicyclic) bond motifs is 1. The van der Waals surface area contributed by atoms with E-state index < -0.39 is 0 Å². The third-order valence-electron chi connectivity index (χ3n) is 5.34. The molecule has 0 radical (unpaired) electrons. The highest BCUT2D eigenvalue weighted by Crippen LogP contribution is 2.29. The number of nitrogens with zero attached hydrogens (tertiary/aromatic N) is 5. The number of pyridine rings is 3. The van der Waals surface area contributed by atoms with Crippen LogP contribution in [0.2, 0.25) is 0 Å². The van der Waals surface area contributed by atoms with Crippen molar-refractivity contribution in [2.45, 2.75) is 31.3 Å². The Balaban J connectivity index is 1.22. The van der Waals surface area contributed by atoms with Gasteiger partial charge in [-0.15, -0.1) is 0 Å². The summed E-state index contributed by atoms with van der Waals surface area (Å²) < 4.78 is 1.43. The largest absolute Gasteiger partial charge is 0.367 e. The lowest BCUT2D eigenvalue weighted by Gasteiger charge is -2.15. The van der Waals surface area contributed by atoms with Gasteiger partial charge >= 0.3 is 0 Å². The molecule has 0 spiro atoms. The minimum atomic E-state index is -0.198. The standard InChI is InChI=1S/C22H19N7OS/c23-11-14-3-8-20(30)29(13-14)17-6-7-19(25-12-17)26-15-4-5-16(10-15)27-22-28-18-2-1-9-24-21(18)31-22/h1-3,6-9,12-13,15-16H,4-5,10H2,(H,25,26)(H,27,28)/t15-,16-/m0/s1.